The van der Waals surface area contributed by atoms with Crippen molar-refractivity contribution in [2.75, 3.05) is 19.1 Å². The van der Waals surface area contributed by atoms with Gasteiger partial charge in [0, 0.05) is 16.0 Å². The van der Waals surface area contributed by atoms with Crippen LogP contribution in [0.25, 0.3) is 0 Å². The first-order chi connectivity index (χ1) is 20.4. The maximum absolute atomic E-state index is 14.4. The summed E-state index contributed by atoms with van der Waals surface area (Å²) >= 11 is 9.45. The molecule has 2 saturated heterocycles. The third-order valence-corrected chi connectivity index (χ3v) is 10.1. The molecule has 2 aromatic carbocycles. The molecule has 6 atom stereocenters. The Morgan fingerprint density at radius 1 is 1.09 bits per heavy atom. The molecule has 224 valence electrons. The molecule has 6 rings (SSSR count). The van der Waals surface area contributed by atoms with Crippen LogP contribution in [-0.4, -0.2) is 53.9 Å². The molecule has 1 saturated carbocycles. The Bertz CT molecular complexity index is 1680. The lowest BCUT2D eigenvalue weighted by atomic mass is 9.51. The summed E-state index contributed by atoms with van der Waals surface area (Å²) < 4.78 is 24.6. The summed E-state index contributed by atoms with van der Waals surface area (Å²) in [6.07, 6.45) is 0.780. The number of fused-ring (bicyclic) bond motifs is 4. The lowest BCUT2D eigenvalue weighted by Crippen LogP contribution is -2.49. The molecule has 3 fully saturated rings. The van der Waals surface area contributed by atoms with Gasteiger partial charge in [0.1, 0.15) is 5.82 Å². The Hall–Kier alpha value is -3.77. The van der Waals surface area contributed by atoms with Crippen molar-refractivity contribution in [1.82, 2.24) is 4.90 Å². The van der Waals surface area contributed by atoms with Gasteiger partial charge >= 0.3 is 6.09 Å². The Kier molecular flexibility index (Phi) is 6.92. The Morgan fingerprint density at radius 3 is 2.47 bits per heavy atom. The number of hydrogen-bond donors (Lipinski definition) is 1. The SMILES string of the molecule is COC(=O)N1C(=O)[C@H]2[C@H](CC=C3[C@H]2C[C@H]2C(=O)N(c4ccc(F)c(Cl)c4)C(=O)[C@@]2(C)[C@H]3c2cc(Br)cc(OC)c2O)C1=O. The smallest absolute Gasteiger partial charge is 0.423 e. The Morgan fingerprint density at radius 2 is 1.81 bits per heavy atom. The van der Waals surface area contributed by atoms with Crippen molar-refractivity contribution in [2.24, 2.45) is 29.1 Å². The van der Waals surface area contributed by atoms with E-state index in [9.17, 15) is 33.5 Å². The zero-order valence-corrected chi connectivity index (χ0v) is 25.4. The lowest BCUT2D eigenvalue weighted by molar-refractivity contribution is -0.138. The van der Waals surface area contributed by atoms with Gasteiger partial charge in [-0.3, -0.25) is 19.2 Å². The molecule has 13 heteroatoms. The number of rotatable bonds is 3. The van der Waals surface area contributed by atoms with E-state index >= 15 is 0 Å². The van der Waals surface area contributed by atoms with E-state index in [0.717, 1.165) is 18.1 Å². The van der Waals surface area contributed by atoms with Gasteiger partial charge in [-0.05, 0) is 56.0 Å². The molecule has 2 aromatic rings. The highest BCUT2D eigenvalue weighted by atomic mass is 79.9. The number of carbonyl (C=O) groups excluding carboxylic acids is 5. The number of phenolic OH excluding ortho intramolecular Hbond substituents is 1. The van der Waals surface area contributed by atoms with Gasteiger partial charge in [0.15, 0.2) is 11.5 Å². The zero-order valence-electron chi connectivity index (χ0n) is 23.1. The molecule has 0 unspecified atom stereocenters. The van der Waals surface area contributed by atoms with Crippen molar-refractivity contribution >= 4 is 62.9 Å². The normalized spacial score (nSPS) is 29.7. The second-order valence-corrected chi connectivity index (χ2v) is 12.6. The van der Waals surface area contributed by atoms with E-state index in [1.807, 2.05) is 0 Å². The number of phenols is 1. The number of halogens is 3. The molecule has 0 spiro atoms. The van der Waals surface area contributed by atoms with E-state index < -0.39 is 70.5 Å². The quantitative estimate of drug-likeness (QED) is 0.357. The van der Waals surface area contributed by atoms with Crippen LogP contribution in [0.1, 0.15) is 31.2 Å². The van der Waals surface area contributed by atoms with Crippen LogP contribution in [0.4, 0.5) is 14.9 Å². The first-order valence-corrected chi connectivity index (χ1v) is 14.6. The molecular weight excluding hydrogens is 651 g/mol. The molecular formula is C30H25BrClFN2O8. The minimum absolute atomic E-state index is 0.00985. The molecule has 2 aliphatic carbocycles. The van der Waals surface area contributed by atoms with Crippen LogP contribution in [0.3, 0.4) is 0 Å². The number of likely N-dealkylation sites (tertiary alicyclic amines) is 1. The van der Waals surface area contributed by atoms with Crippen LogP contribution in [0, 0.1) is 34.9 Å². The van der Waals surface area contributed by atoms with E-state index in [2.05, 4.69) is 15.9 Å². The van der Waals surface area contributed by atoms with Gasteiger partial charge < -0.3 is 14.6 Å². The second-order valence-electron chi connectivity index (χ2n) is 11.3. The molecule has 0 radical (unpaired) electrons. The molecule has 43 heavy (non-hydrogen) atoms. The third-order valence-electron chi connectivity index (χ3n) is 9.39. The van der Waals surface area contributed by atoms with Crippen LogP contribution in [-0.2, 0) is 23.9 Å². The number of methoxy groups -OCH3 is 2. The van der Waals surface area contributed by atoms with Crippen molar-refractivity contribution in [2.45, 2.75) is 25.7 Å². The summed E-state index contributed by atoms with van der Waals surface area (Å²) in [5.74, 6) is -8.04. The summed E-state index contributed by atoms with van der Waals surface area (Å²) in [6.45, 7) is 1.63. The van der Waals surface area contributed by atoms with Gasteiger partial charge in [-0.2, -0.15) is 4.90 Å². The average molecular weight is 676 g/mol. The second kappa shape index (κ2) is 10.2. The standard InChI is InChI=1S/C30H25BrClFN2O8/c1-30-18(26(38)34(28(30)40)13-4-7-20(33)19(32)10-13)11-16-14(23(30)17-8-12(31)9-21(42-2)24(17)36)5-6-15-22(16)27(39)35(25(15)37)29(41)43-3/h4-5,7-10,15-16,18,22-23,36H,6,11H2,1-3H3/t15-,16+,18-,22-,23+,30+/m0/s1. The van der Waals surface area contributed by atoms with Gasteiger partial charge in [-0.25, -0.2) is 14.1 Å². The first kappa shape index (κ1) is 29.3. The molecule has 5 amide bonds. The molecule has 0 aromatic heterocycles. The highest BCUT2D eigenvalue weighted by Crippen LogP contribution is 2.65. The topological polar surface area (TPSA) is 131 Å². The number of nitrogens with zero attached hydrogens (tertiary/aromatic N) is 2. The van der Waals surface area contributed by atoms with Gasteiger partial charge in [-0.1, -0.05) is 39.2 Å². The number of benzene rings is 2. The van der Waals surface area contributed by atoms with Gasteiger partial charge in [0.2, 0.25) is 23.6 Å². The summed E-state index contributed by atoms with van der Waals surface area (Å²) in [4.78, 5) is 69.3. The van der Waals surface area contributed by atoms with Crippen LogP contribution >= 0.6 is 27.5 Å². The number of amides is 5. The van der Waals surface area contributed by atoms with Crippen molar-refractivity contribution < 1.29 is 42.9 Å². The van der Waals surface area contributed by atoms with Crippen molar-refractivity contribution in [3.05, 3.63) is 62.9 Å². The van der Waals surface area contributed by atoms with E-state index in [1.165, 1.54) is 19.2 Å². The molecule has 2 aliphatic heterocycles. The molecule has 0 bridgehead atoms. The highest BCUT2D eigenvalue weighted by molar-refractivity contribution is 9.10. The fraction of sp³-hybridized carbons (Fsp3) is 0.367. The number of carbonyl (C=O) groups is 5. The van der Waals surface area contributed by atoms with Crippen LogP contribution in [0.5, 0.6) is 11.5 Å². The maximum Gasteiger partial charge on any atom is 0.423 e. The van der Waals surface area contributed by atoms with Crippen LogP contribution in [0.2, 0.25) is 5.02 Å². The number of aromatic hydroxyl groups is 1. The lowest BCUT2D eigenvalue weighted by Gasteiger charge is -2.49. The summed E-state index contributed by atoms with van der Waals surface area (Å²) in [7, 11) is 2.44. The first-order valence-electron chi connectivity index (χ1n) is 13.4. The van der Waals surface area contributed by atoms with E-state index in [-0.39, 0.29) is 40.6 Å². The van der Waals surface area contributed by atoms with Crippen LogP contribution in [0.15, 0.2) is 46.5 Å². The number of anilines is 1. The summed E-state index contributed by atoms with van der Waals surface area (Å²) in [5.41, 5.74) is -0.548. The van der Waals surface area contributed by atoms with Crippen molar-refractivity contribution in [3.63, 3.8) is 0 Å². The largest absolute Gasteiger partial charge is 0.504 e. The summed E-state index contributed by atoms with van der Waals surface area (Å²) in [6, 6.07) is 6.70. The molecule has 2 heterocycles. The minimum atomic E-state index is -1.48. The monoisotopic (exact) mass is 674 g/mol. The van der Waals surface area contributed by atoms with Crippen molar-refractivity contribution in [3.8, 4) is 11.5 Å². The van der Waals surface area contributed by atoms with E-state index in [1.54, 1.807) is 25.1 Å². The minimum Gasteiger partial charge on any atom is -0.504 e. The van der Waals surface area contributed by atoms with E-state index in [4.69, 9.17) is 21.1 Å². The highest BCUT2D eigenvalue weighted by Gasteiger charge is 2.68. The Balaban J connectivity index is 1.56. The van der Waals surface area contributed by atoms with Crippen molar-refractivity contribution in [1.29, 1.82) is 0 Å². The fourth-order valence-corrected chi connectivity index (χ4v) is 8.10. The maximum atomic E-state index is 14.4. The van der Waals surface area contributed by atoms with E-state index in [0.29, 0.717) is 14.9 Å². The molecule has 10 nitrogen and oxygen atoms in total. The predicted octanol–water partition coefficient (Wildman–Crippen LogP) is 4.95. The average Bonchev–Trinajstić information content (AvgIpc) is 3.35. The number of allylic oxidation sites excluding steroid dienone is 2. The summed E-state index contributed by atoms with van der Waals surface area (Å²) in [5, 5.41) is 11.1. The number of ether oxygens (including phenoxy) is 2. The molecule has 4 aliphatic rings. The Labute approximate surface area is 258 Å². The fourth-order valence-electron chi connectivity index (χ4n) is 7.47. The predicted molar refractivity (Wildman–Crippen MR) is 153 cm³/mol. The molecule has 1 N–H and O–H groups in total. The zero-order chi connectivity index (χ0) is 31.1. The van der Waals surface area contributed by atoms with Crippen LogP contribution < -0.4 is 9.64 Å². The number of imide groups is 4. The van der Waals surface area contributed by atoms with Gasteiger partial charge in [0.25, 0.3) is 0 Å². The van der Waals surface area contributed by atoms with Gasteiger partial charge in [0.05, 0.1) is 48.1 Å². The van der Waals surface area contributed by atoms with Gasteiger partial charge in [-0.15, -0.1) is 0 Å². The number of hydrogen-bond acceptors (Lipinski definition) is 8. The third kappa shape index (κ3) is 3.98.